The molecular formula is C12H16ClN3OS. The number of hydrogen-bond acceptors (Lipinski definition) is 4. The maximum absolute atomic E-state index is 12.1. The van der Waals surface area contributed by atoms with E-state index in [0.717, 1.165) is 19.3 Å². The third-order valence-electron chi connectivity index (χ3n) is 3.18. The van der Waals surface area contributed by atoms with Crippen LogP contribution in [0.1, 0.15) is 29.6 Å². The van der Waals surface area contributed by atoms with Gasteiger partial charge in [0.25, 0.3) is 5.91 Å². The average Bonchev–Trinajstić information content (AvgIpc) is 2.79. The van der Waals surface area contributed by atoms with E-state index < -0.39 is 0 Å². The van der Waals surface area contributed by atoms with Gasteiger partial charge in [-0.2, -0.15) is 11.8 Å². The number of carbonyl (C=O) groups is 1. The van der Waals surface area contributed by atoms with Crippen molar-refractivity contribution in [1.82, 2.24) is 10.3 Å². The summed E-state index contributed by atoms with van der Waals surface area (Å²) in [7, 11) is 0. The van der Waals surface area contributed by atoms with E-state index in [4.69, 9.17) is 17.3 Å². The summed E-state index contributed by atoms with van der Waals surface area (Å²) in [5, 5.41) is 3.71. The highest BCUT2D eigenvalue weighted by molar-refractivity contribution is 7.99. The lowest BCUT2D eigenvalue weighted by Gasteiger charge is -2.19. The van der Waals surface area contributed by atoms with E-state index >= 15 is 0 Å². The van der Waals surface area contributed by atoms with Crippen LogP contribution in [0, 0.1) is 0 Å². The van der Waals surface area contributed by atoms with Gasteiger partial charge in [0.05, 0.1) is 17.4 Å². The number of nitrogens with two attached hydrogens (primary N) is 1. The fourth-order valence-electron chi connectivity index (χ4n) is 2.24. The maximum Gasteiger partial charge on any atom is 0.254 e. The SMILES string of the molecule is CSC1CCCC1NC(=O)c1cc(N)cnc1Cl. The fourth-order valence-corrected chi connectivity index (χ4v) is 3.37. The van der Waals surface area contributed by atoms with Crippen molar-refractivity contribution in [2.24, 2.45) is 0 Å². The molecule has 98 valence electrons. The molecule has 3 N–H and O–H groups in total. The summed E-state index contributed by atoms with van der Waals surface area (Å²) in [6, 6.07) is 1.78. The van der Waals surface area contributed by atoms with E-state index in [2.05, 4.69) is 16.6 Å². The summed E-state index contributed by atoms with van der Waals surface area (Å²) in [6.07, 6.45) is 6.84. The molecule has 1 heterocycles. The summed E-state index contributed by atoms with van der Waals surface area (Å²) in [4.78, 5) is 16.0. The first-order valence-electron chi connectivity index (χ1n) is 5.86. The monoisotopic (exact) mass is 285 g/mol. The second-order valence-electron chi connectivity index (χ2n) is 4.39. The molecule has 0 radical (unpaired) electrons. The van der Waals surface area contributed by atoms with Crippen LogP contribution in [0.25, 0.3) is 0 Å². The van der Waals surface area contributed by atoms with Crippen LogP contribution >= 0.6 is 23.4 Å². The standard InChI is InChI=1S/C12H16ClN3OS/c1-18-10-4-2-3-9(10)16-12(17)8-5-7(14)6-15-11(8)13/h5-6,9-10H,2-4,14H2,1H3,(H,16,17). The zero-order valence-corrected chi connectivity index (χ0v) is 11.7. The van der Waals surface area contributed by atoms with E-state index in [0.29, 0.717) is 16.5 Å². The molecule has 1 aliphatic rings. The Bertz CT molecular complexity index is 455. The highest BCUT2D eigenvalue weighted by Gasteiger charge is 2.28. The van der Waals surface area contributed by atoms with Gasteiger partial charge in [0.1, 0.15) is 5.15 Å². The number of halogens is 1. The van der Waals surface area contributed by atoms with E-state index in [9.17, 15) is 4.79 Å². The third kappa shape index (κ3) is 2.90. The van der Waals surface area contributed by atoms with Crippen LogP contribution in [-0.2, 0) is 0 Å². The summed E-state index contributed by atoms with van der Waals surface area (Å²) in [5.74, 6) is -0.189. The normalized spacial score (nSPS) is 23.0. The molecule has 2 rings (SSSR count). The first-order chi connectivity index (χ1) is 8.61. The van der Waals surface area contributed by atoms with Gasteiger partial charge >= 0.3 is 0 Å². The van der Waals surface area contributed by atoms with Crippen LogP contribution in [0.4, 0.5) is 5.69 Å². The van der Waals surface area contributed by atoms with Gasteiger partial charge in [0, 0.05) is 11.3 Å². The third-order valence-corrected chi connectivity index (χ3v) is 4.65. The van der Waals surface area contributed by atoms with E-state index in [1.165, 1.54) is 6.20 Å². The Morgan fingerprint density at radius 2 is 2.39 bits per heavy atom. The van der Waals surface area contributed by atoms with Crippen LogP contribution in [0.2, 0.25) is 5.15 Å². The maximum atomic E-state index is 12.1. The Labute approximate surface area is 116 Å². The van der Waals surface area contributed by atoms with Gasteiger partial charge in [-0.1, -0.05) is 18.0 Å². The summed E-state index contributed by atoms with van der Waals surface area (Å²) < 4.78 is 0. The number of nitrogens with zero attached hydrogens (tertiary/aromatic N) is 1. The van der Waals surface area contributed by atoms with Crippen molar-refractivity contribution >= 4 is 35.0 Å². The van der Waals surface area contributed by atoms with Gasteiger partial charge in [-0.25, -0.2) is 4.98 Å². The number of amides is 1. The number of anilines is 1. The zero-order chi connectivity index (χ0) is 13.1. The largest absolute Gasteiger partial charge is 0.397 e. The van der Waals surface area contributed by atoms with Crippen molar-refractivity contribution in [3.05, 3.63) is 23.0 Å². The zero-order valence-electron chi connectivity index (χ0n) is 10.1. The Balaban J connectivity index is 2.09. The number of nitrogens with one attached hydrogen (secondary N) is 1. The second-order valence-corrected chi connectivity index (χ2v) is 5.83. The predicted molar refractivity (Wildman–Crippen MR) is 76.1 cm³/mol. The molecule has 1 fully saturated rings. The van der Waals surface area contributed by atoms with Crippen LogP contribution in [-0.4, -0.2) is 28.4 Å². The highest BCUT2D eigenvalue weighted by atomic mass is 35.5. The first kappa shape index (κ1) is 13.5. The molecule has 1 aromatic heterocycles. The molecule has 6 heteroatoms. The van der Waals surface area contributed by atoms with Gasteiger partial charge in [0.15, 0.2) is 0 Å². The molecule has 4 nitrogen and oxygen atoms in total. The summed E-state index contributed by atoms with van der Waals surface area (Å²) in [6.45, 7) is 0. The number of rotatable bonds is 3. The molecule has 0 saturated heterocycles. The van der Waals surface area contributed by atoms with Crippen LogP contribution in [0.15, 0.2) is 12.3 Å². The Morgan fingerprint density at radius 3 is 3.11 bits per heavy atom. The van der Waals surface area contributed by atoms with Gasteiger partial charge in [-0.3, -0.25) is 4.79 Å². The van der Waals surface area contributed by atoms with Crippen molar-refractivity contribution in [3.63, 3.8) is 0 Å². The van der Waals surface area contributed by atoms with Crippen molar-refractivity contribution in [1.29, 1.82) is 0 Å². The summed E-state index contributed by atoms with van der Waals surface area (Å²) in [5.41, 5.74) is 6.41. The molecule has 0 aliphatic heterocycles. The highest BCUT2D eigenvalue weighted by Crippen LogP contribution is 2.28. The predicted octanol–water partition coefficient (Wildman–Crippen LogP) is 2.33. The Kier molecular flexibility index (Phi) is 4.35. The number of pyridine rings is 1. The van der Waals surface area contributed by atoms with Gasteiger partial charge in [-0.15, -0.1) is 0 Å². The lowest BCUT2D eigenvalue weighted by molar-refractivity contribution is 0.0938. The second kappa shape index (κ2) is 5.80. The summed E-state index contributed by atoms with van der Waals surface area (Å²) >= 11 is 7.71. The van der Waals surface area contributed by atoms with Crippen molar-refractivity contribution in [2.75, 3.05) is 12.0 Å². The minimum absolute atomic E-state index is 0.189. The number of carbonyl (C=O) groups excluding carboxylic acids is 1. The van der Waals surface area contributed by atoms with E-state index in [-0.39, 0.29) is 17.1 Å². The smallest absolute Gasteiger partial charge is 0.254 e. The van der Waals surface area contributed by atoms with E-state index in [1.807, 2.05) is 0 Å². The van der Waals surface area contributed by atoms with E-state index in [1.54, 1.807) is 17.8 Å². The molecule has 0 bridgehead atoms. The molecule has 0 aromatic carbocycles. The number of thioether (sulfide) groups is 1. The lowest BCUT2D eigenvalue weighted by atomic mass is 10.2. The van der Waals surface area contributed by atoms with Crippen molar-refractivity contribution in [2.45, 2.75) is 30.6 Å². The van der Waals surface area contributed by atoms with Crippen molar-refractivity contribution < 1.29 is 4.79 Å². The minimum Gasteiger partial charge on any atom is -0.397 e. The molecule has 18 heavy (non-hydrogen) atoms. The molecule has 0 spiro atoms. The molecule has 1 amide bonds. The topological polar surface area (TPSA) is 68.0 Å². The molecule has 2 unspecified atom stereocenters. The van der Waals surface area contributed by atoms with Gasteiger partial charge < -0.3 is 11.1 Å². The molecule has 1 saturated carbocycles. The molecule has 1 aromatic rings. The Morgan fingerprint density at radius 1 is 1.61 bits per heavy atom. The number of hydrogen-bond donors (Lipinski definition) is 2. The van der Waals surface area contributed by atoms with Crippen LogP contribution in [0.5, 0.6) is 0 Å². The lowest BCUT2D eigenvalue weighted by Crippen LogP contribution is -2.38. The first-order valence-corrected chi connectivity index (χ1v) is 7.53. The number of aromatic nitrogens is 1. The van der Waals surface area contributed by atoms with Crippen LogP contribution < -0.4 is 11.1 Å². The number of nitrogen functional groups attached to an aromatic ring is 1. The van der Waals surface area contributed by atoms with Gasteiger partial charge in [-0.05, 0) is 25.2 Å². The quantitative estimate of drug-likeness (QED) is 0.837. The molecule has 2 atom stereocenters. The minimum atomic E-state index is -0.189. The molecular weight excluding hydrogens is 270 g/mol. The Hall–Kier alpha value is -0.940. The average molecular weight is 286 g/mol. The van der Waals surface area contributed by atoms with Crippen molar-refractivity contribution in [3.8, 4) is 0 Å². The fraction of sp³-hybridized carbons (Fsp3) is 0.500. The van der Waals surface area contributed by atoms with Crippen LogP contribution in [0.3, 0.4) is 0 Å². The molecule has 1 aliphatic carbocycles. The van der Waals surface area contributed by atoms with Gasteiger partial charge in [0.2, 0.25) is 0 Å².